The van der Waals surface area contributed by atoms with Crippen LogP contribution in [-0.4, -0.2) is 29.1 Å². The SMILES string of the molecule is Cc1ccc(C)n1-c1ccc(C(=O)O[C@@H](C)C(=O)N2CCc3ccccc32)cc1. The van der Waals surface area contributed by atoms with Crippen LogP contribution in [0.15, 0.2) is 60.7 Å². The number of esters is 1. The van der Waals surface area contributed by atoms with Crippen LogP contribution in [0.25, 0.3) is 5.69 Å². The van der Waals surface area contributed by atoms with Crippen LogP contribution >= 0.6 is 0 Å². The van der Waals surface area contributed by atoms with E-state index >= 15 is 0 Å². The van der Waals surface area contributed by atoms with E-state index in [1.807, 2.05) is 50.2 Å². The minimum absolute atomic E-state index is 0.196. The van der Waals surface area contributed by atoms with Gasteiger partial charge in [-0.2, -0.15) is 0 Å². The number of aromatic nitrogens is 1. The molecule has 2 aromatic carbocycles. The third kappa shape index (κ3) is 3.56. The van der Waals surface area contributed by atoms with E-state index in [2.05, 4.69) is 16.7 Å². The molecule has 0 saturated heterocycles. The molecule has 0 radical (unpaired) electrons. The van der Waals surface area contributed by atoms with Gasteiger partial charge in [0.05, 0.1) is 5.56 Å². The lowest BCUT2D eigenvalue weighted by atomic mass is 10.2. The van der Waals surface area contributed by atoms with Gasteiger partial charge in [0.2, 0.25) is 0 Å². The molecule has 148 valence electrons. The predicted molar refractivity (Wildman–Crippen MR) is 113 cm³/mol. The molecule has 1 aromatic heterocycles. The Morgan fingerprint density at radius 1 is 0.931 bits per heavy atom. The number of aryl methyl sites for hydroxylation is 2. The highest BCUT2D eigenvalue weighted by Gasteiger charge is 2.29. The summed E-state index contributed by atoms with van der Waals surface area (Å²) in [5, 5.41) is 0. The van der Waals surface area contributed by atoms with Gasteiger partial charge in [-0.15, -0.1) is 0 Å². The zero-order valence-corrected chi connectivity index (χ0v) is 16.9. The molecule has 5 heteroatoms. The summed E-state index contributed by atoms with van der Waals surface area (Å²) in [6.07, 6.45) is -0.0234. The zero-order valence-electron chi connectivity index (χ0n) is 16.9. The van der Waals surface area contributed by atoms with Gasteiger partial charge < -0.3 is 14.2 Å². The molecule has 0 bridgehead atoms. The number of ether oxygens (including phenoxy) is 1. The van der Waals surface area contributed by atoms with Gasteiger partial charge in [-0.3, -0.25) is 4.79 Å². The van der Waals surface area contributed by atoms with Crippen LogP contribution in [0.1, 0.15) is 34.2 Å². The van der Waals surface area contributed by atoms with Crippen LogP contribution in [0.5, 0.6) is 0 Å². The van der Waals surface area contributed by atoms with E-state index in [0.29, 0.717) is 12.1 Å². The number of amides is 1. The first-order chi connectivity index (χ1) is 14.0. The summed E-state index contributed by atoms with van der Waals surface area (Å²) in [5.74, 6) is -0.690. The van der Waals surface area contributed by atoms with Crippen LogP contribution in [-0.2, 0) is 16.0 Å². The molecule has 0 saturated carbocycles. The van der Waals surface area contributed by atoms with Crippen molar-refractivity contribution in [2.24, 2.45) is 0 Å². The fourth-order valence-electron chi connectivity index (χ4n) is 3.89. The second kappa shape index (κ2) is 7.59. The Morgan fingerprint density at radius 2 is 1.59 bits per heavy atom. The molecule has 0 spiro atoms. The Hall–Kier alpha value is -3.34. The second-order valence-electron chi connectivity index (χ2n) is 7.41. The summed E-state index contributed by atoms with van der Waals surface area (Å²) in [5.41, 5.74) is 5.72. The standard InChI is InChI=1S/C24H24N2O3/c1-16-8-9-17(2)26(16)21-12-10-20(11-13-21)24(28)29-18(3)23(27)25-15-14-19-6-4-5-7-22(19)25/h4-13,18H,14-15H2,1-3H3/t18-/m0/s1. The van der Waals surface area contributed by atoms with Crippen molar-refractivity contribution in [3.8, 4) is 5.69 Å². The Labute approximate surface area is 170 Å². The fraction of sp³-hybridized carbons (Fsp3) is 0.250. The third-order valence-electron chi connectivity index (χ3n) is 5.42. The van der Waals surface area contributed by atoms with Gasteiger partial charge in [0.1, 0.15) is 0 Å². The maximum Gasteiger partial charge on any atom is 0.338 e. The van der Waals surface area contributed by atoms with Crippen LogP contribution in [0.4, 0.5) is 5.69 Å². The third-order valence-corrected chi connectivity index (χ3v) is 5.42. The van der Waals surface area contributed by atoms with Crippen molar-refractivity contribution in [1.29, 1.82) is 0 Å². The van der Waals surface area contributed by atoms with E-state index in [4.69, 9.17) is 4.74 Å². The van der Waals surface area contributed by atoms with E-state index in [1.54, 1.807) is 24.0 Å². The van der Waals surface area contributed by atoms with E-state index < -0.39 is 12.1 Å². The summed E-state index contributed by atoms with van der Waals surface area (Å²) in [4.78, 5) is 27.1. The fourth-order valence-corrected chi connectivity index (χ4v) is 3.89. The van der Waals surface area contributed by atoms with Crippen molar-refractivity contribution in [3.63, 3.8) is 0 Å². The number of hydrogen-bond acceptors (Lipinski definition) is 3. The van der Waals surface area contributed by atoms with Gasteiger partial charge in [0.15, 0.2) is 6.10 Å². The van der Waals surface area contributed by atoms with Crippen molar-refractivity contribution in [1.82, 2.24) is 4.57 Å². The molecule has 0 unspecified atom stereocenters. The highest BCUT2D eigenvalue weighted by Crippen LogP contribution is 2.28. The number of fused-ring (bicyclic) bond motifs is 1. The van der Waals surface area contributed by atoms with E-state index in [9.17, 15) is 9.59 Å². The van der Waals surface area contributed by atoms with Gasteiger partial charge in [-0.1, -0.05) is 18.2 Å². The highest BCUT2D eigenvalue weighted by molar-refractivity contribution is 6.00. The van der Waals surface area contributed by atoms with Crippen molar-refractivity contribution in [2.75, 3.05) is 11.4 Å². The largest absolute Gasteiger partial charge is 0.449 e. The van der Waals surface area contributed by atoms with Crippen LogP contribution in [0.2, 0.25) is 0 Å². The topological polar surface area (TPSA) is 51.5 Å². The molecule has 3 aromatic rings. The number of nitrogens with zero attached hydrogens (tertiary/aromatic N) is 2. The molecular formula is C24H24N2O3. The van der Waals surface area contributed by atoms with Gasteiger partial charge in [-0.25, -0.2) is 4.79 Å². The Bertz CT molecular complexity index is 1050. The smallest absolute Gasteiger partial charge is 0.338 e. The monoisotopic (exact) mass is 388 g/mol. The van der Waals surface area contributed by atoms with Crippen molar-refractivity contribution >= 4 is 17.6 Å². The lowest BCUT2D eigenvalue weighted by Crippen LogP contribution is -2.39. The maximum absolute atomic E-state index is 12.8. The Kier molecular flexibility index (Phi) is 4.97. The highest BCUT2D eigenvalue weighted by atomic mass is 16.5. The Balaban J connectivity index is 1.45. The number of benzene rings is 2. The number of carbonyl (C=O) groups is 2. The molecule has 1 aliphatic rings. The van der Waals surface area contributed by atoms with Crippen molar-refractivity contribution in [2.45, 2.75) is 33.3 Å². The lowest BCUT2D eigenvalue weighted by Gasteiger charge is -2.21. The second-order valence-corrected chi connectivity index (χ2v) is 7.41. The summed E-state index contributed by atoms with van der Waals surface area (Å²) in [6, 6.07) is 19.2. The van der Waals surface area contributed by atoms with Gasteiger partial charge in [0, 0.05) is 29.3 Å². The molecule has 29 heavy (non-hydrogen) atoms. The normalized spacial score (nSPS) is 13.8. The number of para-hydroxylation sites is 1. The maximum atomic E-state index is 12.8. The number of anilines is 1. The quantitative estimate of drug-likeness (QED) is 0.629. The van der Waals surface area contributed by atoms with Crippen molar-refractivity contribution < 1.29 is 14.3 Å². The van der Waals surface area contributed by atoms with Crippen LogP contribution in [0.3, 0.4) is 0 Å². The molecule has 0 fully saturated rings. The first kappa shape index (κ1) is 19.0. The first-order valence-corrected chi connectivity index (χ1v) is 9.81. The number of carbonyl (C=O) groups excluding carboxylic acids is 2. The molecule has 2 heterocycles. The number of rotatable bonds is 4. The van der Waals surface area contributed by atoms with E-state index in [0.717, 1.165) is 34.7 Å². The average molecular weight is 388 g/mol. The molecule has 1 aliphatic heterocycles. The van der Waals surface area contributed by atoms with E-state index in [1.165, 1.54) is 0 Å². The van der Waals surface area contributed by atoms with E-state index in [-0.39, 0.29) is 5.91 Å². The molecule has 5 nitrogen and oxygen atoms in total. The van der Waals surface area contributed by atoms with Crippen molar-refractivity contribution in [3.05, 3.63) is 83.2 Å². The first-order valence-electron chi connectivity index (χ1n) is 9.81. The average Bonchev–Trinajstić information content (AvgIpc) is 3.30. The molecule has 0 N–H and O–H groups in total. The molecular weight excluding hydrogens is 364 g/mol. The van der Waals surface area contributed by atoms with Gasteiger partial charge in [-0.05, 0) is 75.2 Å². The van der Waals surface area contributed by atoms with Gasteiger partial charge >= 0.3 is 5.97 Å². The zero-order chi connectivity index (χ0) is 20.5. The molecule has 0 aliphatic carbocycles. The minimum atomic E-state index is -0.845. The summed E-state index contributed by atoms with van der Waals surface area (Å²) < 4.78 is 7.58. The summed E-state index contributed by atoms with van der Waals surface area (Å²) in [6.45, 7) is 6.32. The molecule has 1 atom stereocenters. The predicted octanol–water partition coefficient (Wildman–Crippen LogP) is 4.23. The summed E-state index contributed by atoms with van der Waals surface area (Å²) in [7, 11) is 0. The lowest BCUT2D eigenvalue weighted by molar-refractivity contribution is -0.126. The van der Waals surface area contributed by atoms with Gasteiger partial charge in [0.25, 0.3) is 5.91 Å². The molecule has 4 rings (SSSR count). The number of hydrogen-bond donors (Lipinski definition) is 0. The minimum Gasteiger partial charge on any atom is -0.449 e. The van der Waals surface area contributed by atoms with Crippen LogP contribution < -0.4 is 4.90 Å². The summed E-state index contributed by atoms with van der Waals surface area (Å²) >= 11 is 0. The molecule has 1 amide bonds. The van der Waals surface area contributed by atoms with Crippen LogP contribution in [0, 0.1) is 13.8 Å². The Morgan fingerprint density at radius 3 is 2.28 bits per heavy atom.